The van der Waals surface area contributed by atoms with Gasteiger partial charge in [0.05, 0.1) is 0 Å². The van der Waals surface area contributed by atoms with Crippen molar-refractivity contribution in [1.29, 1.82) is 0 Å². The van der Waals surface area contributed by atoms with Gasteiger partial charge in [0.1, 0.15) is 5.54 Å². The van der Waals surface area contributed by atoms with E-state index in [0.29, 0.717) is 12.8 Å². The predicted molar refractivity (Wildman–Crippen MR) is 67.9 cm³/mol. The number of nitrogens with one attached hydrogen (secondary N) is 1. The summed E-state index contributed by atoms with van der Waals surface area (Å²) in [7, 11) is 0. The number of hydrogen-bond donors (Lipinski definition) is 2. The zero-order valence-corrected chi connectivity index (χ0v) is 11.2. The second-order valence-corrected chi connectivity index (χ2v) is 4.63. The average molecular weight is 243 g/mol. The molecule has 0 aliphatic carbocycles. The van der Waals surface area contributed by atoms with Crippen molar-refractivity contribution < 1.29 is 14.7 Å². The molecule has 1 unspecified atom stereocenters. The lowest BCUT2D eigenvalue weighted by Gasteiger charge is -2.30. The number of unbranched alkanes of at least 4 members (excludes halogenated alkanes) is 3. The monoisotopic (exact) mass is 243 g/mol. The number of carboxylic acids is 1. The van der Waals surface area contributed by atoms with Crippen LogP contribution >= 0.6 is 0 Å². The molecule has 4 heteroatoms. The summed E-state index contributed by atoms with van der Waals surface area (Å²) in [6.07, 6.45) is 5.87. The summed E-state index contributed by atoms with van der Waals surface area (Å²) < 4.78 is 0. The molecule has 2 N–H and O–H groups in total. The normalized spacial score (nSPS) is 14.1. The van der Waals surface area contributed by atoms with Crippen LogP contribution in [0.4, 0.5) is 0 Å². The van der Waals surface area contributed by atoms with Crippen molar-refractivity contribution in [2.75, 3.05) is 0 Å². The second kappa shape index (κ2) is 8.09. The van der Waals surface area contributed by atoms with Crippen LogP contribution in [0, 0.1) is 0 Å². The van der Waals surface area contributed by atoms with Gasteiger partial charge in [0, 0.05) is 6.92 Å². The molecule has 0 aromatic rings. The molecule has 0 fully saturated rings. The van der Waals surface area contributed by atoms with E-state index in [4.69, 9.17) is 0 Å². The standard InChI is InChI=1S/C13H25NO3/c1-4-6-7-8-10-13(9-5-2,12(16)17)14-11(3)15/h4-10H2,1-3H3,(H,14,15)(H,16,17). The zero-order valence-electron chi connectivity index (χ0n) is 11.2. The number of amides is 1. The number of carboxylic acid groups (broad SMARTS) is 1. The first kappa shape index (κ1) is 15.9. The van der Waals surface area contributed by atoms with Crippen LogP contribution in [0.2, 0.25) is 0 Å². The Labute approximate surface area is 104 Å². The van der Waals surface area contributed by atoms with E-state index in [-0.39, 0.29) is 5.91 Å². The second-order valence-electron chi connectivity index (χ2n) is 4.63. The number of rotatable bonds is 9. The molecule has 0 saturated carbocycles. The molecule has 100 valence electrons. The highest BCUT2D eigenvalue weighted by Crippen LogP contribution is 2.22. The lowest BCUT2D eigenvalue weighted by molar-refractivity contribution is -0.148. The minimum atomic E-state index is -1.06. The molecule has 0 bridgehead atoms. The summed E-state index contributed by atoms with van der Waals surface area (Å²) in [5, 5.41) is 12.0. The van der Waals surface area contributed by atoms with Crippen LogP contribution < -0.4 is 5.32 Å². The van der Waals surface area contributed by atoms with Crippen LogP contribution in [-0.4, -0.2) is 22.5 Å². The first-order valence-corrected chi connectivity index (χ1v) is 6.50. The van der Waals surface area contributed by atoms with Crippen LogP contribution in [0.15, 0.2) is 0 Å². The highest BCUT2D eigenvalue weighted by atomic mass is 16.4. The van der Waals surface area contributed by atoms with Gasteiger partial charge < -0.3 is 10.4 Å². The Balaban J connectivity index is 4.54. The zero-order chi connectivity index (χ0) is 13.3. The summed E-state index contributed by atoms with van der Waals surface area (Å²) in [5.74, 6) is -1.18. The van der Waals surface area contributed by atoms with E-state index >= 15 is 0 Å². The Morgan fingerprint density at radius 1 is 1.06 bits per heavy atom. The van der Waals surface area contributed by atoms with Crippen LogP contribution in [0.5, 0.6) is 0 Å². The molecule has 4 nitrogen and oxygen atoms in total. The largest absolute Gasteiger partial charge is 0.480 e. The SMILES string of the molecule is CCCCCCC(CCC)(NC(C)=O)C(=O)O. The first-order valence-electron chi connectivity index (χ1n) is 6.50. The van der Waals surface area contributed by atoms with Crippen molar-refractivity contribution in [3.63, 3.8) is 0 Å². The Kier molecular flexibility index (Phi) is 7.59. The van der Waals surface area contributed by atoms with Gasteiger partial charge in [-0.2, -0.15) is 0 Å². The summed E-state index contributed by atoms with van der Waals surface area (Å²) in [6.45, 7) is 5.43. The fourth-order valence-corrected chi connectivity index (χ4v) is 2.13. The van der Waals surface area contributed by atoms with Gasteiger partial charge >= 0.3 is 5.97 Å². The Morgan fingerprint density at radius 3 is 2.12 bits per heavy atom. The van der Waals surface area contributed by atoms with Gasteiger partial charge in [-0.15, -0.1) is 0 Å². The average Bonchev–Trinajstić information content (AvgIpc) is 2.23. The summed E-state index contributed by atoms with van der Waals surface area (Å²) in [4.78, 5) is 22.5. The van der Waals surface area contributed by atoms with Crippen LogP contribution in [-0.2, 0) is 9.59 Å². The van der Waals surface area contributed by atoms with Gasteiger partial charge in [0.2, 0.25) is 5.91 Å². The maximum atomic E-state index is 11.4. The summed E-state index contributed by atoms with van der Waals surface area (Å²) in [5.41, 5.74) is -1.06. The van der Waals surface area contributed by atoms with Gasteiger partial charge in [0.25, 0.3) is 0 Å². The molecule has 0 radical (unpaired) electrons. The fourth-order valence-electron chi connectivity index (χ4n) is 2.13. The topological polar surface area (TPSA) is 66.4 Å². The van der Waals surface area contributed by atoms with E-state index in [1.165, 1.54) is 6.92 Å². The lowest BCUT2D eigenvalue weighted by atomic mass is 9.87. The molecule has 0 spiro atoms. The van der Waals surface area contributed by atoms with Crippen molar-refractivity contribution in [3.05, 3.63) is 0 Å². The summed E-state index contributed by atoms with van der Waals surface area (Å²) in [6, 6.07) is 0. The molecule has 0 aliphatic heterocycles. The van der Waals surface area contributed by atoms with Crippen molar-refractivity contribution in [1.82, 2.24) is 5.32 Å². The van der Waals surface area contributed by atoms with Crippen LogP contribution in [0.25, 0.3) is 0 Å². The van der Waals surface area contributed by atoms with Crippen molar-refractivity contribution in [2.45, 2.75) is 71.3 Å². The number of carbonyl (C=O) groups excluding carboxylic acids is 1. The number of aliphatic carboxylic acids is 1. The molecule has 0 rings (SSSR count). The van der Waals surface area contributed by atoms with E-state index in [0.717, 1.165) is 32.1 Å². The van der Waals surface area contributed by atoms with Gasteiger partial charge in [-0.3, -0.25) is 4.79 Å². The molecule has 1 atom stereocenters. The number of hydrogen-bond acceptors (Lipinski definition) is 2. The highest BCUT2D eigenvalue weighted by Gasteiger charge is 2.37. The smallest absolute Gasteiger partial charge is 0.329 e. The van der Waals surface area contributed by atoms with Crippen molar-refractivity contribution in [2.24, 2.45) is 0 Å². The third-order valence-electron chi connectivity index (χ3n) is 2.96. The third kappa shape index (κ3) is 5.71. The highest BCUT2D eigenvalue weighted by molar-refractivity contribution is 5.85. The van der Waals surface area contributed by atoms with Gasteiger partial charge in [-0.25, -0.2) is 4.79 Å². The van der Waals surface area contributed by atoms with E-state index < -0.39 is 11.5 Å². The van der Waals surface area contributed by atoms with Crippen LogP contribution in [0.3, 0.4) is 0 Å². The quantitative estimate of drug-likeness (QED) is 0.612. The van der Waals surface area contributed by atoms with Crippen LogP contribution in [0.1, 0.15) is 65.7 Å². The fraction of sp³-hybridized carbons (Fsp3) is 0.846. The molecule has 0 saturated heterocycles. The molecule has 0 aliphatic rings. The van der Waals surface area contributed by atoms with E-state index in [1.807, 2.05) is 6.92 Å². The maximum Gasteiger partial charge on any atom is 0.329 e. The summed E-state index contributed by atoms with van der Waals surface area (Å²) >= 11 is 0. The minimum absolute atomic E-state index is 0.267. The molecular formula is C13H25NO3. The molecule has 0 aromatic carbocycles. The number of carbonyl (C=O) groups is 2. The Hall–Kier alpha value is -1.06. The predicted octanol–water partition coefficient (Wildman–Crippen LogP) is 2.72. The molecular weight excluding hydrogens is 218 g/mol. The lowest BCUT2D eigenvalue weighted by Crippen LogP contribution is -2.53. The van der Waals surface area contributed by atoms with Gasteiger partial charge in [-0.05, 0) is 12.8 Å². The van der Waals surface area contributed by atoms with Gasteiger partial charge in [-0.1, -0.05) is 46.0 Å². The molecule has 1 amide bonds. The Bertz CT molecular complexity index is 253. The van der Waals surface area contributed by atoms with Gasteiger partial charge in [0.15, 0.2) is 0 Å². The molecule has 0 heterocycles. The van der Waals surface area contributed by atoms with E-state index in [1.54, 1.807) is 0 Å². The first-order chi connectivity index (χ1) is 7.98. The maximum absolute atomic E-state index is 11.4. The third-order valence-corrected chi connectivity index (χ3v) is 2.96. The molecule has 17 heavy (non-hydrogen) atoms. The molecule has 0 aromatic heterocycles. The van der Waals surface area contributed by atoms with E-state index in [2.05, 4.69) is 12.2 Å². The van der Waals surface area contributed by atoms with Crippen molar-refractivity contribution in [3.8, 4) is 0 Å². The Morgan fingerprint density at radius 2 is 1.71 bits per heavy atom. The van der Waals surface area contributed by atoms with E-state index in [9.17, 15) is 14.7 Å². The van der Waals surface area contributed by atoms with Crippen molar-refractivity contribution >= 4 is 11.9 Å². The minimum Gasteiger partial charge on any atom is -0.480 e.